The largest absolute Gasteiger partial charge is 1.00 e. The van der Waals surface area contributed by atoms with Gasteiger partial charge in [0.1, 0.15) is 0 Å². The van der Waals surface area contributed by atoms with Gasteiger partial charge in [0.2, 0.25) is 0 Å². The summed E-state index contributed by atoms with van der Waals surface area (Å²) < 4.78 is 0.234. The first-order valence-corrected chi connectivity index (χ1v) is 15.4. The van der Waals surface area contributed by atoms with Crippen molar-refractivity contribution in [3.8, 4) is 0 Å². The van der Waals surface area contributed by atoms with Crippen LogP contribution in [0.2, 0.25) is 16.4 Å². The van der Waals surface area contributed by atoms with E-state index >= 15 is 0 Å². The Morgan fingerprint density at radius 2 is 1.26 bits per heavy atom. The van der Waals surface area contributed by atoms with Crippen LogP contribution < -0.4 is 42.4 Å². The molecule has 31 heavy (non-hydrogen) atoms. The maximum Gasteiger partial charge on any atom is -1.00 e. The van der Waals surface area contributed by atoms with Gasteiger partial charge in [0.05, 0.1) is 0 Å². The van der Waals surface area contributed by atoms with Crippen LogP contribution in [0.3, 0.4) is 0 Å². The monoisotopic (exact) mass is 534 g/mol. The van der Waals surface area contributed by atoms with Crippen LogP contribution in [0.5, 0.6) is 0 Å². The molecule has 5 heteroatoms. The van der Waals surface area contributed by atoms with Crippen LogP contribution in [-0.2, 0) is 33.3 Å². The SMILES string of the molecule is CCCCCCc1cc(CCCCCC)cc([Si](C)(C)[C]2([Ti+3])C=CC(C)=C2)c1.[Cl-].[Cl-].[Cl-]. The van der Waals surface area contributed by atoms with Gasteiger partial charge >= 0.3 is 188 Å². The third-order valence-electron chi connectivity index (χ3n) is 6.51. The summed E-state index contributed by atoms with van der Waals surface area (Å²) in [6.45, 7) is 12.0. The zero-order valence-electron chi connectivity index (χ0n) is 20.2. The molecule has 1 aromatic rings. The van der Waals surface area contributed by atoms with E-state index in [-0.39, 0.29) is 40.6 Å². The summed E-state index contributed by atoms with van der Waals surface area (Å²) >= 11 is 2.46. The van der Waals surface area contributed by atoms with Crippen molar-refractivity contribution in [3.05, 3.63) is 53.1 Å². The van der Waals surface area contributed by atoms with Crippen LogP contribution in [-0.4, -0.2) is 8.07 Å². The molecule has 1 aromatic carbocycles. The van der Waals surface area contributed by atoms with E-state index in [2.05, 4.69) is 90.7 Å². The molecule has 1 unspecified atom stereocenters. The molecule has 0 aromatic heterocycles. The van der Waals surface area contributed by atoms with E-state index in [0.717, 1.165) is 0 Å². The predicted octanol–water partition coefficient (Wildman–Crippen LogP) is -1.38. The average Bonchev–Trinajstić information content (AvgIpc) is 3.03. The van der Waals surface area contributed by atoms with E-state index in [1.165, 1.54) is 69.8 Å². The summed E-state index contributed by atoms with van der Waals surface area (Å²) in [6.07, 6.45) is 20.6. The molecular formula is C26H41Cl3SiTi. The number of unbranched alkanes of at least 4 members (excludes halogenated alkanes) is 6. The van der Waals surface area contributed by atoms with E-state index in [1.54, 1.807) is 16.3 Å². The van der Waals surface area contributed by atoms with Crippen molar-refractivity contribution in [1.82, 2.24) is 0 Å². The summed E-state index contributed by atoms with van der Waals surface area (Å²) in [7, 11) is -1.65. The molecule has 2 rings (SSSR count). The van der Waals surface area contributed by atoms with Gasteiger partial charge in [-0.3, -0.25) is 0 Å². The van der Waals surface area contributed by atoms with Gasteiger partial charge in [0.15, 0.2) is 0 Å². The van der Waals surface area contributed by atoms with E-state index in [1.807, 2.05) is 0 Å². The Morgan fingerprint density at radius 3 is 1.65 bits per heavy atom. The molecule has 1 atom stereocenters. The van der Waals surface area contributed by atoms with E-state index in [0.29, 0.717) is 0 Å². The molecule has 1 aliphatic carbocycles. The standard InChI is InChI=1S/C26H41Si.3ClH.Ti/c1-6-8-10-12-14-23-19-24(15-13-11-9-7-2)21-26(20-23)27(4,5)25-17-16-22(3)18-25;;;;/h16-21H,6-15H2,1-5H3;3*1H;/q;;;;+3/p-3. The summed E-state index contributed by atoms with van der Waals surface area (Å²) in [5.74, 6) is 0. The molecule has 1 aliphatic rings. The third-order valence-corrected chi connectivity index (χ3v) is 14.0. The Bertz CT molecular complexity index is 670. The Kier molecular flexibility index (Phi) is 17.6. The molecule has 0 saturated carbocycles. The van der Waals surface area contributed by atoms with Gasteiger partial charge in [-0.1, -0.05) is 0 Å². The summed E-state index contributed by atoms with van der Waals surface area (Å²) in [5, 5.41) is 1.66. The molecular weight excluding hydrogens is 495 g/mol. The van der Waals surface area contributed by atoms with Crippen LogP contribution in [0.1, 0.15) is 83.3 Å². The minimum atomic E-state index is -1.65. The molecule has 0 bridgehead atoms. The van der Waals surface area contributed by atoms with Crippen molar-refractivity contribution >= 4 is 13.3 Å². The smallest absolute Gasteiger partial charge is 1.00 e. The second kappa shape index (κ2) is 16.2. The first kappa shape index (κ1) is 33.7. The quantitative estimate of drug-likeness (QED) is 0.229. The van der Waals surface area contributed by atoms with Gasteiger partial charge in [-0.15, -0.1) is 0 Å². The minimum Gasteiger partial charge on any atom is -1.00 e. The molecule has 174 valence electrons. The number of aryl methyl sites for hydroxylation is 2. The minimum absolute atomic E-state index is 0. The molecule has 0 saturated heterocycles. The van der Waals surface area contributed by atoms with E-state index in [9.17, 15) is 0 Å². The van der Waals surface area contributed by atoms with Crippen molar-refractivity contribution in [2.75, 3.05) is 0 Å². The zero-order chi connectivity index (χ0) is 20.6. The first-order valence-electron chi connectivity index (χ1n) is 11.6. The summed E-state index contributed by atoms with van der Waals surface area (Å²) in [6, 6.07) is 7.68. The molecule has 0 amide bonds. The number of hydrogen-bond donors (Lipinski definition) is 0. The second-order valence-electron chi connectivity index (χ2n) is 9.38. The van der Waals surface area contributed by atoms with Crippen molar-refractivity contribution in [3.63, 3.8) is 0 Å². The topological polar surface area (TPSA) is 0 Å². The number of allylic oxidation sites excluding steroid dienone is 4. The fraction of sp³-hybridized carbons (Fsp3) is 0.615. The van der Waals surface area contributed by atoms with Crippen molar-refractivity contribution in [1.29, 1.82) is 0 Å². The second-order valence-corrected chi connectivity index (χ2v) is 16.1. The summed E-state index contributed by atoms with van der Waals surface area (Å²) in [5.41, 5.74) is 4.61. The molecule has 0 radical (unpaired) electrons. The average molecular weight is 536 g/mol. The fourth-order valence-corrected chi connectivity index (χ4v) is 8.09. The Hall–Kier alpha value is 0.501. The van der Waals surface area contributed by atoms with Gasteiger partial charge in [-0.25, -0.2) is 0 Å². The predicted molar refractivity (Wildman–Crippen MR) is 125 cm³/mol. The summed E-state index contributed by atoms with van der Waals surface area (Å²) in [4.78, 5) is 0. The van der Waals surface area contributed by atoms with Gasteiger partial charge in [-0.05, 0) is 0 Å². The maximum absolute atomic E-state index is 2.58. The Balaban J connectivity index is 0. The molecule has 0 N–H and O–H groups in total. The molecule has 0 nitrogen and oxygen atoms in total. The zero-order valence-corrected chi connectivity index (χ0v) is 25.0. The molecule has 0 spiro atoms. The van der Waals surface area contributed by atoms with E-state index in [4.69, 9.17) is 0 Å². The maximum atomic E-state index is 2.58. The van der Waals surface area contributed by atoms with Crippen molar-refractivity contribution < 1.29 is 57.7 Å². The van der Waals surface area contributed by atoms with Crippen LogP contribution in [0.4, 0.5) is 0 Å². The first-order chi connectivity index (χ1) is 13.3. The number of benzene rings is 1. The molecule has 0 heterocycles. The number of rotatable bonds is 12. The van der Waals surface area contributed by atoms with Crippen LogP contribution in [0.15, 0.2) is 42.0 Å². The van der Waals surface area contributed by atoms with Crippen LogP contribution >= 0.6 is 0 Å². The van der Waals surface area contributed by atoms with Crippen molar-refractivity contribution in [2.24, 2.45) is 0 Å². The molecule has 0 fully saturated rings. The van der Waals surface area contributed by atoms with Crippen LogP contribution in [0.25, 0.3) is 0 Å². The van der Waals surface area contributed by atoms with Gasteiger partial charge in [-0.2, -0.15) is 0 Å². The van der Waals surface area contributed by atoms with Gasteiger partial charge in [0.25, 0.3) is 0 Å². The van der Waals surface area contributed by atoms with E-state index < -0.39 is 8.07 Å². The number of halogens is 3. The molecule has 0 aliphatic heterocycles. The Morgan fingerprint density at radius 1 is 0.774 bits per heavy atom. The number of hydrogen-bond acceptors (Lipinski definition) is 0. The Labute approximate surface area is 224 Å². The third kappa shape index (κ3) is 9.71. The fourth-order valence-electron chi connectivity index (χ4n) is 4.27. The van der Waals surface area contributed by atoms with Crippen molar-refractivity contribution in [2.45, 2.75) is 101 Å². The normalized spacial score (nSPS) is 17.5. The van der Waals surface area contributed by atoms with Crippen LogP contribution in [0, 0.1) is 0 Å². The van der Waals surface area contributed by atoms with Gasteiger partial charge in [0, 0.05) is 0 Å². The van der Waals surface area contributed by atoms with Gasteiger partial charge < -0.3 is 37.2 Å².